The number of hydrogen-bond acceptors (Lipinski definition) is 3. The van der Waals surface area contributed by atoms with Gasteiger partial charge < -0.3 is 11.1 Å². The fourth-order valence-corrected chi connectivity index (χ4v) is 2.08. The number of rotatable bonds is 10. The summed E-state index contributed by atoms with van der Waals surface area (Å²) in [6.45, 7) is 7.63. The summed E-state index contributed by atoms with van der Waals surface area (Å²) in [5.41, 5.74) is 6.03. The standard InChI is InChI=1S/C15H32N2OS/c1-15(2,3)10-8-6-4-5-7-9-11-17-14(18)13(16)12-19/h13,19H,4-12,16H2,1-3H3,(H,17,18). The number of amides is 1. The van der Waals surface area contributed by atoms with Crippen molar-refractivity contribution in [2.75, 3.05) is 12.3 Å². The third kappa shape index (κ3) is 12.6. The smallest absolute Gasteiger partial charge is 0.237 e. The SMILES string of the molecule is CC(C)(C)CCCCCCCCNC(=O)C(N)CS. The van der Waals surface area contributed by atoms with E-state index >= 15 is 0 Å². The minimum Gasteiger partial charge on any atom is -0.355 e. The predicted octanol–water partition coefficient (Wildman–Crippen LogP) is 3.14. The molecule has 1 atom stereocenters. The molecule has 1 unspecified atom stereocenters. The molecule has 3 nitrogen and oxygen atoms in total. The van der Waals surface area contributed by atoms with Crippen molar-refractivity contribution < 1.29 is 4.79 Å². The number of carbonyl (C=O) groups is 1. The van der Waals surface area contributed by atoms with Gasteiger partial charge in [-0.1, -0.05) is 52.9 Å². The maximum Gasteiger partial charge on any atom is 0.237 e. The highest BCUT2D eigenvalue weighted by molar-refractivity contribution is 7.80. The van der Waals surface area contributed by atoms with Crippen LogP contribution in [-0.2, 0) is 4.79 Å². The summed E-state index contributed by atoms with van der Waals surface area (Å²) in [6.07, 6.45) is 8.77. The highest BCUT2D eigenvalue weighted by Gasteiger charge is 2.10. The van der Waals surface area contributed by atoms with E-state index in [0.29, 0.717) is 11.2 Å². The van der Waals surface area contributed by atoms with E-state index in [9.17, 15) is 4.79 Å². The molecule has 19 heavy (non-hydrogen) atoms. The highest BCUT2D eigenvalue weighted by Crippen LogP contribution is 2.22. The van der Waals surface area contributed by atoms with Gasteiger partial charge in [-0.05, 0) is 18.3 Å². The van der Waals surface area contributed by atoms with Crippen molar-refractivity contribution in [3.8, 4) is 0 Å². The first kappa shape index (κ1) is 18.8. The fourth-order valence-electron chi connectivity index (χ4n) is 1.91. The number of unbranched alkanes of at least 4 members (excludes halogenated alkanes) is 5. The van der Waals surface area contributed by atoms with Crippen molar-refractivity contribution in [3.63, 3.8) is 0 Å². The van der Waals surface area contributed by atoms with Crippen molar-refractivity contribution in [2.45, 2.75) is 71.8 Å². The molecule has 0 bridgehead atoms. The topological polar surface area (TPSA) is 55.1 Å². The van der Waals surface area contributed by atoms with E-state index in [0.717, 1.165) is 13.0 Å². The normalized spacial score (nSPS) is 13.3. The Kier molecular flexibility index (Phi) is 10.4. The van der Waals surface area contributed by atoms with Crippen LogP contribution in [0.1, 0.15) is 65.7 Å². The lowest BCUT2D eigenvalue weighted by atomic mass is 9.89. The lowest BCUT2D eigenvalue weighted by molar-refractivity contribution is -0.121. The van der Waals surface area contributed by atoms with E-state index in [1.54, 1.807) is 0 Å². The molecule has 0 aromatic rings. The molecule has 0 aliphatic carbocycles. The first-order valence-electron chi connectivity index (χ1n) is 7.51. The minimum atomic E-state index is -0.472. The average Bonchev–Trinajstić information content (AvgIpc) is 2.34. The van der Waals surface area contributed by atoms with Gasteiger partial charge in [-0.2, -0.15) is 12.6 Å². The molecule has 0 rings (SSSR count). The van der Waals surface area contributed by atoms with Gasteiger partial charge in [0.05, 0.1) is 6.04 Å². The van der Waals surface area contributed by atoms with Gasteiger partial charge in [-0.25, -0.2) is 0 Å². The highest BCUT2D eigenvalue weighted by atomic mass is 32.1. The quantitative estimate of drug-likeness (QED) is 0.427. The van der Waals surface area contributed by atoms with Crippen LogP contribution in [-0.4, -0.2) is 24.2 Å². The van der Waals surface area contributed by atoms with Crippen LogP contribution in [0.5, 0.6) is 0 Å². The summed E-state index contributed by atoms with van der Waals surface area (Å²) >= 11 is 4.00. The van der Waals surface area contributed by atoms with E-state index in [4.69, 9.17) is 5.73 Å². The molecule has 0 heterocycles. The Labute approximate surface area is 124 Å². The van der Waals surface area contributed by atoms with Crippen LogP contribution in [0.25, 0.3) is 0 Å². The summed E-state index contributed by atoms with van der Waals surface area (Å²) in [4.78, 5) is 11.4. The maximum atomic E-state index is 11.4. The van der Waals surface area contributed by atoms with Gasteiger partial charge >= 0.3 is 0 Å². The van der Waals surface area contributed by atoms with E-state index < -0.39 is 6.04 Å². The Hall–Kier alpha value is -0.220. The number of nitrogens with one attached hydrogen (secondary N) is 1. The van der Waals surface area contributed by atoms with Crippen LogP contribution >= 0.6 is 12.6 Å². The van der Waals surface area contributed by atoms with Crippen LogP contribution in [0, 0.1) is 5.41 Å². The van der Waals surface area contributed by atoms with Gasteiger partial charge in [0, 0.05) is 12.3 Å². The number of hydrogen-bond donors (Lipinski definition) is 3. The molecule has 0 aliphatic heterocycles. The zero-order chi connectivity index (χ0) is 14.7. The van der Waals surface area contributed by atoms with E-state index in [1.807, 2.05) is 0 Å². The van der Waals surface area contributed by atoms with E-state index in [1.165, 1.54) is 38.5 Å². The van der Waals surface area contributed by atoms with Crippen LogP contribution in [0.2, 0.25) is 0 Å². The fraction of sp³-hybridized carbons (Fsp3) is 0.933. The summed E-state index contributed by atoms with van der Waals surface area (Å²) in [6, 6.07) is -0.472. The van der Waals surface area contributed by atoms with Gasteiger partial charge in [-0.15, -0.1) is 0 Å². The Balaban J connectivity index is 3.26. The summed E-state index contributed by atoms with van der Waals surface area (Å²) in [7, 11) is 0. The van der Waals surface area contributed by atoms with Gasteiger partial charge in [0.15, 0.2) is 0 Å². The molecule has 114 valence electrons. The molecule has 3 N–H and O–H groups in total. The summed E-state index contributed by atoms with van der Waals surface area (Å²) in [5.74, 6) is 0.319. The second kappa shape index (κ2) is 10.6. The van der Waals surface area contributed by atoms with Crippen LogP contribution in [0.3, 0.4) is 0 Å². The maximum absolute atomic E-state index is 11.4. The third-order valence-electron chi connectivity index (χ3n) is 3.19. The number of nitrogens with two attached hydrogens (primary N) is 1. The van der Waals surface area contributed by atoms with E-state index in [-0.39, 0.29) is 5.91 Å². The zero-order valence-electron chi connectivity index (χ0n) is 12.9. The lowest BCUT2D eigenvalue weighted by Gasteiger charge is -2.17. The summed E-state index contributed by atoms with van der Waals surface area (Å²) in [5, 5.41) is 2.84. The third-order valence-corrected chi connectivity index (χ3v) is 3.58. The molecule has 0 radical (unpaired) electrons. The Morgan fingerprint density at radius 2 is 1.63 bits per heavy atom. The average molecular weight is 289 g/mol. The largest absolute Gasteiger partial charge is 0.355 e. The van der Waals surface area contributed by atoms with Crippen molar-refractivity contribution in [2.24, 2.45) is 11.1 Å². The molecule has 0 aromatic carbocycles. The van der Waals surface area contributed by atoms with Crippen molar-refractivity contribution in [1.82, 2.24) is 5.32 Å². The van der Waals surface area contributed by atoms with Crippen molar-refractivity contribution in [3.05, 3.63) is 0 Å². The summed E-state index contributed by atoms with van der Waals surface area (Å²) < 4.78 is 0. The molecular formula is C15H32N2OS. The molecule has 0 saturated heterocycles. The van der Waals surface area contributed by atoms with E-state index in [2.05, 4.69) is 38.7 Å². The van der Waals surface area contributed by atoms with Crippen molar-refractivity contribution in [1.29, 1.82) is 0 Å². The zero-order valence-corrected chi connectivity index (χ0v) is 13.8. The molecular weight excluding hydrogens is 256 g/mol. The van der Waals surface area contributed by atoms with Gasteiger partial charge in [0.1, 0.15) is 0 Å². The van der Waals surface area contributed by atoms with Crippen LogP contribution in [0.4, 0.5) is 0 Å². The Morgan fingerprint density at radius 1 is 1.11 bits per heavy atom. The molecule has 1 amide bonds. The first-order chi connectivity index (χ1) is 8.87. The van der Waals surface area contributed by atoms with Gasteiger partial charge in [-0.3, -0.25) is 4.79 Å². The van der Waals surface area contributed by atoms with Crippen LogP contribution < -0.4 is 11.1 Å². The number of carbonyl (C=O) groups excluding carboxylic acids is 1. The molecule has 4 heteroatoms. The second-order valence-electron chi connectivity index (χ2n) is 6.51. The minimum absolute atomic E-state index is 0.0832. The second-order valence-corrected chi connectivity index (χ2v) is 6.88. The van der Waals surface area contributed by atoms with Gasteiger partial charge in [0.25, 0.3) is 0 Å². The Bertz CT molecular complexity index is 239. The first-order valence-corrected chi connectivity index (χ1v) is 8.14. The molecule has 0 aliphatic rings. The Morgan fingerprint density at radius 3 is 2.16 bits per heavy atom. The lowest BCUT2D eigenvalue weighted by Crippen LogP contribution is -2.42. The molecule has 0 fully saturated rings. The monoisotopic (exact) mass is 288 g/mol. The number of thiol groups is 1. The molecule has 0 spiro atoms. The molecule has 0 saturated carbocycles. The predicted molar refractivity (Wildman–Crippen MR) is 86.6 cm³/mol. The van der Waals surface area contributed by atoms with Gasteiger partial charge in [0.2, 0.25) is 5.91 Å². The van der Waals surface area contributed by atoms with Crippen molar-refractivity contribution >= 4 is 18.5 Å². The molecule has 0 aromatic heterocycles. The van der Waals surface area contributed by atoms with Crippen LogP contribution in [0.15, 0.2) is 0 Å².